The van der Waals surface area contributed by atoms with Crippen molar-refractivity contribution >= 4 is 16.7 Å². The lowest BCUT2D eigenvalue weighted by atomic mass is 10.2. The van der Waals surface area contributed by atoms with Crippen LogP contribution in [0.4, 0.5) is 5.13 Å². The molecule has 0 bridgehead atoms. The lowest BCUT2D eigenvalue weighted by molar-refractivity contribution is 0.569. The van der Waals surface area contributed by atoms with Gasteiger partial charge >= 0.3 is 0 Å². The normalized spacial score (nSPS) is 24.2. The van der Waals surface area contributed by atoms with Gasteiger partial charge in [0.15, 0.2) is 0 Å². The maximum Gasteiger partial charge on any atom is 0.205 e. The Morgan fingerprint density at radius 3 is 2.82 bits per heavy atom. The maximum atomic E-state index is 4.54. The number of hydrogen-bond acceptors (Lipinski definition) is 5. The van der Waals surface area contributed by atoms with Crippen LogP contribution < -0.4 is 10.2 Å². The number of nitrogens with one attached hydrogen (secondary N) is 1. The molecule has 1 aromatic rings. The average Bonchev–Trinajstić information content (AvgIpc) is 2.79. The van der Waals surface area contributed by atoms with E-state index in [0.29, 0.717) is 6.04 Å². The molecule has 5 heteroatoms. The summed E-state index contributed by atoms with van der Waals surface area (Å²) in [5, 5.41) is 4.69. The largest absolute Gasteiger partial charge is 0.345 e. The molecule has 0 aromatic carbocycles. The first-order chi connectivity index (χ1) is 8.31. The first-order valence-corrected chi connectivity index (χ1v) is 7.37. The van der Waals surface area contributed by atoms with Gasteiger partial charge < -0.3 is 10.2 Å². The van der Waals surface area contributed by atoms with Crippen molar-refractivity contribution in [2.45, 2.75) is 38.6 Å². The molecule has 3 rings (SSSR count). The molecule has 1 unspecified atom stereocenters. The lowest BCUT2D eigenvalue weighted by Gasteiger charge is -2.24. The van der Waals surface area contributed by atoms with Gasteiger partial charge in [-0.05, 0) is 45.1 Å². The third-order valence-electron chi connectivity index (χ3n) is 3.57. The zero-order valence-electron chi connectivity index (χ0n) is 10.4. The van der Waals surface area contributed by atoms with E-state index in [-0.39, 0.29) is 0 Å². The van der Waals surface area contributed by atoms with Crippen molar-refractivity contribution in [3.63, 3.8) is 0 Å². The van der Waals surface area contributed by atoms with Crippen LogP contribution in [-0.4, -0.2) is 35.0 Å². The molecule has 4 nitrogen and oxygen atoms in total. The van der Waals surface area contributed by atoms with Crippen LogP contribution in [0.3, 0.4) is 0 Å². The summed E-state index contributed by atoms with van der Waals surface area (Å²) < 4.78 is 4.31. The van der Waals surface area contributed by atoms with Crippen molar-refractivity contribution < 1.29 is 0 Å². The van der Waals surface area contributed by atoms with Crippen LogP contribution in [0.5, 0.6) is 0 Å². The highest BCUT2D eigenvalue weighted by molar-refractivity contribution is 7.09. The van der Waals surface area contributed by atoms with Gasteiger partial charge in [0.1, 0.15) is 5.82 Å². The Morgan fingerprint density at radius 1 is 1.35 bits per heavy atom. The Balaban J connectivity index is 1.66. The van der Waals surface area contributed by atoms with Crippen LogP contribution in [0.15, 0.2) is 0 Å². The Kier molecular flexibility index (Phi) is 3.29. The molecular formula is C12H20N4S. The van der Waals surface area contributed by atoms with E-state index >= 15 is 0 Å². The van der Waals surface area contributed by atoms with Gasteiger partial charge in [-0.2, -0.15) is 4.37 Å². The minimum Gasteiger partial charge on any atom is -0.345 e. The predicted octanol–water partition coefficient (Wildman–Crippen LogP) is 1.81. The van der Waals surface area contributed by atoms with E-state index in [4.69, 9.17) is 0 Å². The molecule has 0 amide bonds. The first kappa shape index (κ1) is 11.4. The third kappa shape index (κ3) is 2.96. The molecular weight excluding hydrogens is 232 g/mol. The highest BCUT2D eigenvalue weighted by Crippen LogP contribution is 2.32. The molecule has 1 saturated carbocycles. The summed E-state index contributed by atoms with van der Waals surface area (Å²) in [5.41, 5.74) is 0. The van der Waals surface area contributed by atoms with E-state index < -0.39 is 0 Å². The van der Waals surface area contributed by atoms with Crippen LogP contribution in [0, 0.1) is 12.8 Å². The van der Waals surface area contributed by atoms with Crippen molar-refractivity contribution in [2.24, 2.45) is 5.92 Å². The van der Waals surface area contributed by atoms with E-state index in [1.54, 1.807) is 11.5 Å². The minimum absolute atomic E-state index is 0.651. The van der Waals surface area contributed by atoms with E-state index in [1.165, 1.54) is 38.8 Å². The second kappa shape index (κ2) is 4.90. The lowest BCUT2D eigenvalue weighted by Crippen LogP contribution is -2.38. The number of aromatic nitrogens is 2. The van der Waals surface area contributed by atoms with Gasteiger partial charge in [-0.15, -0.1) is 0 Å². The second-order valence-electron chi connectivity index (χ2n) is 5.27. The summed E-state index contributed by atoms with van der Waals surface area (Å²) >= 11 is 1.55. The fourth-order valence-electron chi connectivity index (χ4n) is 2.44. The molecule has 0 radical (unpaired) electrons. The molecule has 1 saturated heterocycles. The number of hydrogen-bond donors (Lipinski definition) is 1. The SMILES string of the molecule is Cc1nsc(N(CC2CC2)CC2CCCN2)n1. The molecule has 0 spiro atoms. The minimum atomic E-state index is 0.651. The molecule has 2 aliphatic rings. The van der Waals surface area contributed by atoms with Crippen LogP contribution >= 0.6 is 11.5 Å². The Hall–Kier alpha value is -0.680. The Bertz CT molecular complexity index is 368. The highest BCUT2D eigenvalue weighted by atomic mass is 32.1. The Morgan fingerprint density at radius 2 is 2.24 bits per heavy atom. The standard InChI is InChI=1S/C12H20N4S/c1-9-14-12(17-15-9)16(7-10-4-5-10)8-11-3-2-6-13-11/h10-11,13H,2-8H2,1H3. The number of nitrogens with zero attached hydrogens (tertiary/aromatic N) is 3. The molecule has 2 heterocycles. The van der Waals surface area contributed by atoms with Gasteiger partial charge in [-0.25, -0.2) is 4.98 Å². The molecule has 1 aliphatic heterocycles. The third-order valence-corrected chi connectivity index (χ3v) is 4.43. The summed E-state index contributed by atoms with van der Waals surface area (Å²) in [6.45, 7) is 5.43. The summed E-state index contributed by atoms with van der Waals surface area (Å²) in [6, 6.07) is 0.651. The number of anilines is 1. The van der Waals surface area contributed by atoms with Crippen molar-refractivity contribution in [1.29, 1.82) is 0 Å². The molecule has 1 N–H and O–H groups in total. The maximum absolute atomic E-state index is 4.54. The first-order valence-electron chi connectivity index (χ1n) is 6.60. The molecule has 2 fully saturated rings. The van der Waals surface area contributed by atoms with Crippen LogP contribution in [0.1, 0.15) is 31.5 Å². The van der Waals surface area contributed by atoms with Gasteiger partial charge in [0.25, 0.3) is 0 Å². The predicted molar refractivity (Wildman–Crippen MR) is 70.6 cm³/mol. The second-order valence-corrected chi connectivity index (χ2v) is 6.00. The summed E-state index contributed by atoms with van der Waals surface area (Å²) in [7, 11) is 0. The van der Waals surface area contributed by atoms with Crippen LogP contribution in [0.2, 0.25) is 0 Å². The van der Waals surface area contributed by atoms with E-state index in [0.717, 1.165) is 23.4 Å². The van der Waals surface area contributed by atoms with E-state index in [2.05, 4.69) is 19.6 Å². The van der Waals surface area contributed by atoms with Gasteiger partial charge in [0.05, 0.1) is 0 Å². The Labute approximate surface area is 107 Å². The quantitative estimate of drug-likeness (QED) is 0.868. The zero-order valence-corrected chi connectivity index (χ0v) is 11.2. The van der Waals surface area contributed by atoms with Crippen molar-refractivity contribution in [3.05, 3.63) is 5.82 Å². The van der Waals surface area contributed by atoms with Gasteiger partial charge in [-0.1, -0.05) is 0 Å². The molecule has 17 heavy (non-hydrogen) atoms. The topological polar surface area (TPSA) is 41.1 Å². The van der Waals surface area contributed by atoms with Gasteiger partial charge in [-0.3, -0.25) is 0 Å². The molecule has 1 aromatic heterocycles. The smallest absolute Gasteiger partial charge is 0.205 e. The van der Waals surface area contributed by atoms with E-state index in [1.807, 2.05) is 6.92 Å². The van der Waals surface area contributed by atoms with Crippen molar-refractivity contribution in [2.75, 3.05) is 24.5 Å². The molecule has 94 valence electrons. The van der Waals surface area contributed by atoms with Crippen LogP contribution in [0.25, 0.3) is 0 Å². The zero-order chi connectivity index (χ0) is 11.7. The summed E-state index contributed by atoms with van der Waals surface area (Å²) in [5.74, 6) is 1.81. The van der Waals surface area contributed by atoms with Crippen molar-refractivity contribution in [1.82, 2.24) is 14.7 Å². The highest BCUT2D eigenvalue weighted by Gasteiger charge is 2.28. The molecule has 1 atom stereocenters. The fraction of sp³-hybridized carbons (Fsp3) is 0.833. The van der Waals surface area contributed by atoms with Gasteiger partial charge in [0, 0.05) is 30.7 Å². The van der Waals surface area contributed by atoms with Crippen molar-refractivity contribution in [3.8, 4) is 0 Å². The number of aryl methyl sites for hydroxylation is 1. The summed E-state index contributed by atoms with van der Waals surface area (Å²) in [4.78, 5) is 6.99. The monoisotopic (exact) mass is 252 g/mol. The number of rotatable bonds is 5. The molecule has 1 aliphatic carbocycles. The average molecular weight is 252 g/mol. The summed E-state index contributed by atoms with van der Waals surface area (Å²) in [6.07, 6.45) is 5.41. The fourth-order valence-corrected chi connectivity index (χ4v) is 3.13. The van der Waals surface area contributed by atoms with E-state index in [9.17, 15) is 0 Å². The van der Waals surface area contributed by atoms with Crippen LogP contribution in [-0.2, 0) is 0 Å². The van der Waals surface area contributed by atoms with Gasteiger partial charge in [0.2, 0.25) is 5.13 Å².